The van der Waals surface area contributed by atoms with Gasteiger partial charge in [0.1, 0.15) is 11.5 Å². The van der Waals surface area contributed by atoms with Gasteiger partial charge in [-0.25, -0.2) is 4.98 Å². The average Bonchev–Trinajstić information content (AvgIpc) is 3.43. The first-order chi connectivity index (χ1) is 14.4. The number of amides is 1. The summed E-state index contributed by atoms with van der Waals surface area (Å²) in [5.74, 6) is 0.760. The molecule has 2 atom stereocenters. The Morgan fingerprint density at radius 2 is 2.03 bits per heavy atom. The summed E-state index contributed by atoms with van der Waals surface area (Å²) in [4.78, 5) is 21.1. The first-order valence-corrected chi connectivity index (χ1v) is 10.2. The molecule has 30 heavy (non-hydrogen) atoms. The van der Waals surface area contributed by atoms with Crippen LogP contribution in [-0.4, -0.2) is 35.9 Å². The van der Waals surface area contributed by atoms with Gasteiger partial charge >= 0.3 is 0 Å². The van der Waals surface area contributed by atoms with Gasteiger partial charge in [-0.2, -0.15) is 10.2 Å². The fraction of sp³-hybridized carbons (Fsp3) is 0.364. The predicted molar refractivity (Wildman–Crippen MR) is 116 cm³/mol. The molecule has 0 bridgehead atoms. The maximum absolute atomic E-state index is 13.0. The van der Waals surface area contributed by atoms with E-state index in [1.54, 1.807) is 6.07 Å². The van der Waals surface area contributed by atoms with E-state index in [1.807, 2.05) is 49.8 Å². The summed E-state index contributed by atoms with van der Waals surface area (Å²) in [6, 6.07) is 9.42. The highest BCUT2D eigenvalue weighted by atomic mass is 16.2. The lowest BCUT2D eigenvalue weighted by Gasteiger charge is -2.22. The molecule has 0 saturated carbocycles. The smallest absolute Gasteiger partial charge is 0.269 e. The Labute approximate surface area is 175 Å². The molecule has 156 valence electrons. The molecule has 3 heterocycles. The zero-order chi connectivity index (χ0) is 21.4. The number of aromatic nitrogens is 6. The number of aromatic amines is 2. The summed E-state index contributed by atoms with van der Waals surface area (Å²) in [5.41, 5.74) is 5.81. The second-order valence-electron chi connectivity index (χ2n) is 7.81. The fourth-order valence-corrected chi connectivity index (χ4v) is 3.77. The van der Waals surface area contributed by atoms with Crippen LogP contribution in [0.4, 0.5) is 0 Å². The second-order valence-corrected chi connectivity index (χ2v) is 7.81. The molecule has 0 radical (unpaired) electrons. The quantitative estimate of drug-likeness (QED) is 0.453. The Morgan fingerprint density at radius 3 is 2.70 bits per heavy atom. The number of imidazole rings is 1. The lowest BCUT2D eigenvalue weighted by Crippen LogP contribution is -2.33. The van der Waals surface area contributed by atoms with E-state index in [1.165, 1.54) is 0 Å². The molecule has 0 unspecified atom stereocenters. The van der Waals surface area contributed by atoms with E-state index >= 15 is 0 Å². The molecule has 0 saturated heterocycles. The molecule has 3 aromatic heterocycles. The highest BCUT2D eigenvalue weighted by Gasteiger charge is 2.25. The molecule has 0 aliphatic heterocycles. The molecular formula is C22H27N7O. The van der Waals surface area contributed by atoms with Gasteiger partial charge in [-0.1, -0.05) is 32.4 Å². The number of fused-ring (bicyclic) bond motifs is 1. The van der Waals surface area contributed by atoms with E-state index in [9.17, 15) is 4.79 Å². The van der Waals surface area contributed by atoms with E-state index in [0.29, 0.717) is 11.4 Å². The van der Waals surface area contributed by atoms with Crippen molar-refractivity contribution in [2.75, 3.05) is 0 Å². The van der Waals surface area contributed by atoms with Gasteiger partial charge in [0.2, 0.25) is 0 Å². The number of carbonyl (C=O) groups excluding carboxylic acids is 1. The normalized spacial score (nSPS) is 13.5. The number of hydrogen-bond donors (Lipinski definition) is 3. The maximum Gasteiger partial charge on any atom is 0.269 e. The van der Waals surface area contributed by atoms with Crippen LogP contribution in [0, 0.1) is 19.8 Å². The largest absolute Gasteiger partial charge is 0.340 e. The molecule has 4 rings (SSSR count). The molecule has 0 spiro atoms. The SMILES string of the molecule is CC[C@@H](C)[C@H](NC(=O)c1cc(-c2c(C)nn(C)c2C)n[nH]1)c1nc2ccccc2[nH]1. The van der Waals surface area contributed by atoms with E-state index in [0.717, 1.165) is 40.2 Å². The lowest BCUT2D eigenvalue weighted by atomic mass is 9.98. The Balaban J connectivity index is 1.61. The van der Waals surface area contributed by atoms with Gasteiger partial charge in [-0.3, -0.25) is 14.6 Å². The second kappa shape index (κ2) is 7.78. The van der Waals surface area contributed by atoms with Crippen LogP contribution in [0.3, 0.4) is 0 Å². The summed E-state index contributed by atoms with van der Waals surface area (Å²) in [5, 5.41) is 14.8. The number of benzene rings is 1. The standard InChI is InChI=1S/C22H27N7O/c1-6-12(2)20(21-23-15-9-7-8-10-16(15)24-21)25-22(30)18-11-17(26-27-18)19-13(3)28-29(5)14(19)4/h7-12,20H,6H2,1-5H3,(H,23,24)(H,25,30)(H,26,27)/t12-,20+/m1/s1. The molecule has 8 heteroatoms. The summed E-state index contributed by atoms with van der Waals surface area (Å²) in [7, 11) is 1.90. The van der Waals surface area contributed by atoms with Crippen molar-refractivity contribution in [2.24, 2.45) is 13.0 Å². The van der Waals surface area contributed by atoms with Crippen molar-refractivity contribution in [1.82, 2.24) is 35.3 Å². The molecule has 8 nitrogen and oxygen atoms in total. The first-order valence-electron chi connectivity index (χ1n) is 10.2. The summed E-state index contributed by atoms with van der Waals surface area (Å²) < 4.78 is 1.82. The van der Waals surface area contributed by atoms with Gasteiger partial charge in [0.15, 0.2) is 0 Å². The van der Waals surface area contributed by atoms with Crippen LogP contribution < -0.4 is 5.32 Å². The number of H-pyrrole nitrogens is 2. The maximum atomic E-state index is 13.0. The van der Waals surface area contributed by atoms with Crippen LogP contribution in [0.1, 0.15) is 54.0 Å². The minimum absolute atomic E-state index is 0.208. The van der Waals surface area contributed by atoms with E-state index < -0.39 is 0 Å². The predicted octanol–water partition coefficient (Wildman–Crippen LogP) is 3.82. The van der Waals surface area contributed by atoms with Crippen LogP contribution in [0.25, 0.3) is 22.3 Å². The summed E-state index contributed by atoms with van der Waals surface area (Å²) >= 11 is 0. The molecule has 0 fully saturated rings. The molecule has 4 aromatic rings. The Bertz CT molecular complexity index is 1170. The zero-order valence-electron chi connectivity index (χ0n) is 17.9. The Kier molecular flexibility index (Phi) is 5.15. The first kappa shape index (κ1) is 19.9. The Morgan fingerprint density at radius 1 is 1.27 bits per heavy atom. The van der Waals surface area contributed by atoms with Crippen molar-refractivity contribution in [3.05, 3.63) is 53.2 Å². The molecule has 0 aliphatic rings. The van der Waals surface area contributed by atoms with Gasteiger partial charge in [0.25, 0.3) is 5.91 Å². The van der Waals surface area contributed by atoms with E-state index in [-0.39, 0.29) is 17.9 Å². The topological polar surface area (TPSA) is 104 Å². The number of nitrogens with zero attached hydrogens (tertiary/aromatic N) is 4. The number of para-hydroxylation sites is 2. The summed E-state index contributed by atoms with van der Waals surface area (Å²) in [6.45, 7) is 8.15. The van der Waals surface area contributed by atoms with Crippen molar-refractivity contribution in [1.29, 1.82) is 0 Å². The lowest BCUT2D eigenvalue weighted by molar-refractivity contribution is 0.0915. The number of carbonyl (C=O) groups is 1. The zero-order valence-corrected chi connectivity index (χ0v) is 17.9. The Hall–Kier alpha value is -3.42. The average molecular weight is 406 g/mol. The monoisotopic (exact) mass is 405 g/mol. The third-order valence-corrected chi connectivity index (χ3v) is 5.79. The fourth-order valence-electron chi connectivity index (χ4n) is 3.77. The number of nitrogens with one attached hydrogen (secondary N) is 3. The highest BCUT2D eigenvalue weighted by Crippen LogP contribution is 2.27. The van der Waals surface area contributed by atoms with Gasteiger partial charge in [0.05, 0.1) is 28.5 Å². The van der Waals surface area contributed by atoms with Gasteiger partial charge in [-0.05, 0) is 38.0 Å². The molecule has 0 aliphatic carbocycles. The van der Waals surface area contributed by atoms with Crippen LogP contribution in [0.5, 0.6) is 0 Å². The minimum Gasteiger partial charge on any atom is -0.340 e. The van der Waals surface area contributed by atoms with Crippen molar-refractivity contribution in [3.63, 3.8) is 0 Å². The molecule has 3 N–H and O–H groups in total. The molecular weight excluding hydrogens is 378 g/mol. The van der Waals surface area contributed by atoms with Crippen molar-refractivity contribution in [2.45, 2.75) is 40.2 Å². The van der Waals surface area contributed by atoms with Crippen molar-refractivity contribution >= 4 is 16.9 Å². The number of hydrogen-bond acceptors (Lipinski definition) is 4. The summed E-state index contributed by atoms with van der Waals surface area (Å²) in [6.07, 6.45) is 0.907. The van der Waals surface area contributed by atoms with Gasteiger partial charge in [-0.15, -0.1) is 0 Å². The van der Waals surface area contributed by atoms with Crippen LogP contribution in [0.15, 0.2) is 30.3 Å². The van der Waals surface area contributed by atoms with Crippen molar-refractivity contribution in [3.8, 4) is 11.3 Å². The minimum atomic E-state index is -0.233. The van der Waals surface area contributed by atoms with Crippen molar-refractivity contribution < 1.29 is 4.79 Å². The van der Waals surface area contributed by atoms with Gasteiger partial charge < -0.3 is 10.3 Å². The highest BCUT2D eigenvalue weighted by molar-refractivity contribution is 5.93. The van der Waals surface area contributed by atoms with Crippen LogP contribution in [-0.2, 0) is 7.05 Å². The van der Waals surface area contributed by atoms with Gasteiger partial charge in [0, 0.05) is 18.3 Å². The third kappa shape index (κ3) is 3.49. The van der Waals surface area contributed by atoms with Crippen LogP contribution >= 0.6 is 0 Å². The molecule has 1 aromatic carbocycles. The number of aryl methyl sites for hydroxylation is 2. The number of rotatable bonds is 6. The van der Waals surface area contributed by atoms with E-state index in [4.69, 9.17) is 4.98 Å². The molecule has 1 amide bonds. The third-order valence-electron chi connectivity index (χ3n) is 5.79. The van der Waals surface area contributed by atoms with Crippen LogP contribution in [0.2, 0.25) is 0 Å². The van der Waals surface area contributed by atoms with E-state index in [2.05, 4.69) is 39.4 Å².